The topological polar surface area (TPSA) is 25.8 Å². The lowest BCUT2D eigenvalue weighted by Crippen LogP contribution is -1.92. The van der Waals surface area contributed by atoms with Gasteiger partial charge < -0.3 is 0 Å². The van der Waals surface area contributed by atoms with Crippen LogP contribution >= 0.6 is 11.3 Å². The first-order chi connectivity index (χ1) is 29.8. The van der Waals surface area contributed by atoms with Gasteiger partial charge in [-0.1, -0.05) is 170 Å². The average Bonchev–Trinajstić information content (AvgIpc) is 3.70. The van der Waals surface area contributed by atoms with Crippen LogP contribution in [-0.4, -0.2) is 9.97 Å². The Kier molecular flexibility index (Phi) is 6.07. The minimum Gasteiger partial charge on any atom is -0.254 e. The third-order valence-corrected chi connectivity index (χ3v) is 11.7. The fourth-order valence-corrected chi connectivity index (χ4v) is 9.32. The van der Waals surface area contributed by atoms with Crippen molar-refractivity contribution >= 4 is 65.5 Å². The Morgan fingerprint density at radius 3 is 1.84 bits per heavy atom. The summed E-state index contributed by atoms with van der Waals surface area (Å²) in [4.78, 5) is 11.5. The van der Waals surface area contributed by atoms with Crippen molar-refractivity contribution < 1.29 is 8.22 Å². The largest absolute Gasteiger partial charge is 0.254 e. The summed E-state index contributed by atoms with van der Waals surface area (Å²) >= 11 is 1.59. The first kappa shape index (κ1) is 25.9. The molecule has 3 heteroatoms. The molecule has 0 saturated carbocycles. The quantitative estimate of drug-likeness (QED) is 0.165. The van der Waals surface area contributed by atoms with Gasteiger partial charge in [-0.15, -0.1) is 11.3 Å². The van der Waals surface area contributed by atoms with E-state index in [4.69, 9.17) is 7.73 Å². The summed E-state index contributed by atoms with van der Waals surface area (Å²) in [5.41, 5.74) is 6.26. The van der Waals surface area contributed by atoms with Gasteiger partial charge in [-0.25, -0.2) is 4.98 Å². The van der Waals surface area contributed by atoms with Gasteiger partial charge in [-0.2, -0.15) is 0 Å². The van der Waals surface area contributed by atoms with Crippen molar-refractivity contribution in [2.24, 2.45) is 0 Å². The molecule has 11 aromatic rings. The van der Waals surface area contributed by atoms with Gasteiger partial charge in [0.15, 0.2) is 0 Å². The van der Waals surface area contributed by atoms with Crippen LogP contribution in [0.25, 0.3) is 109 Å². The minimum absolute atomic E-state index is 0.143. The molecular formula is C52H32N2S. The molecule has 0 spiro atoms. The Balaban J connectivity index is 1.33. The minimum atomic E-state index is -0.421. The van der Waals surface area contributed by atoms with E-state index in [2.05, 4.69) is 47.4 Å². The van der Waals surface area contributed by atoms with Gasteiger partial charge in [-0.05, 0) is 67.2 Å². The van der Waals surface area contributed by atoms with Crippen LogP contribution in [0, 0.1) is 0 Å². The maximum atomic E-state index is 10.1. The molecule has 2 nitrogen and oxygen atoms in total. The van der Waals surface area contributed by atoms with Crippen molar-refractivity contribution in [1.82, 2.24) is 9.97 Å². The lowest BCUT2D eigenvalue weighted by Gasteiger charge is -2.16. The molecule has 0 radical (unpaired) electrons. The second-order valence-corrected chi connectivity index (χ2v) is 14.6. The van der Waals surface area contributed by atoms with Crippen LogP contribution in [0.15, 0.2) is 194 Å². The van der Waals surface area contributed by atoms with E-state index in [1.54, 1.807) is 23.6 Å². The predicted octanol–water partition coefficient (Wildman–Crippen LogP) is 14.6. The van der Waals surface area contributed by atoms with Gasteiger partial charge in [0.25, 0.3) is 0 Å². The van der Waals surface area contributed by atoms with E-state index in [1.165, 1.54) is 0 Å². The number of hydrogen-bond acceptors (Lipinski definition) is 3. The van der Waals surface area contributed by atoms with Crippen LogP contribution in [0.4, 0.5) is 0 Å². The highest BCUT2D eigenvalue weighted by Crippen LogP contribution is 2.55. The van der Waals surface area contributed by atoms with Crippen LogP contribution in [0.1, 0.15) is 8.22 Å². The van der Waals surface area contributed by atoms with E-state index < -0.39 is 12.1 Å². The number of hydrogen-bond donors (Lipinski definition) is 0. The molecular weight excluding hydrogens is 685 g/mol. The summed E-state index contributed by atoms with van der Waals surface area (Å²) in [6.45, 7) is 0. The zero-order valence-electron chi connectivity index (χ0n) is 35.3. The molecule has 0 aliphatic rings. The van der Waals surface area contributed by atoms with Crippen LogP contribution in [0.5, 0.6) is 0 Å². The number of rotatable bonds is 5. The van der Waals surface area contributed by atoms with Crippen molar-refractivity contribution in [3.8, 4) is 54.4 Å². The number of pyridine rings is 2. The Bertz CT molecular complexity index is 3610. The molecule has 0 aliphatic carbocycles. The fourth-order valence-electron chi connectivity index (χ4n) is 7.95. The first-order valence-electron chi connectivity index (χ1n) is 21.2. The molecule has 0 saturated heterocycles. The van der Waals surface area contributed by atoms with Crippen molar-refractivity contribution in [3.05, 3.63) is 194 Å². The van der Waals surface area contributed by atoms with E-state index in [9.17, 15) is 5.48 Å². The summed E-state index contributed by atoms with van der Waals surface area (Å²) < 4.78 is 57.1. The highest BCUT2D eigenvalue weighted by molar-refractivity contribution is 7.20. The molecule has 0 fully saturated rings. The van der Waals surface area contributed by atoms with Gasteiger partial charge in [-0.3, -0.25) is 4.98 Å². The molecule has 0 N–H and O–H groups in total. The van der Waals surface area contributed by atoms with E-state index >= 15 is 0 Å². The Hall–Kier alpha value is -6.94. The summed E-state index contributed by atoms with van der Waals surface area (Å²) in [7, 11) is 0. The number of benzene rings is 8. The van der Waals surface area contributed by atoms with Crippen molar-refractivity contribution in [3.63, 3.8) is 0 Å². The SMILES string of the molecule is [2H]c1c([2H])c([2H])c2c(-c3c(-c4ccccc4)sc(-c4cc5ccccc5c5ccccc45)c3-c3ccccc3)c([2H])c([2H])c(-c3ccc4ccc5cccnc5c4n3)c2c1[2H]. The van der Waals surface area contributed by atoms with Gasteiger partial charge in [0, 0.05) is 49.0 Å². The van der Waals surface area contributed by atoms with Crippen LogP contribution in [0.3, 0.4) is 0 Å². The summed E-state index contributed by atoms with van der Waals surface area (Å²) in [5.74, 6) is 0. The Labute approximate surface area is 331 Å². The van der Waals surface area contributed by atoms with Crippen molar-refractivity contribution in [2.45, 2.75) is 0 Å². The standard InChI is InChI=1S/C52H32N2S/c1-3-14-33(15-4-1)47-48(51(36-16-5-2-6-17-36)55-52(47)45-32-37-18-7-8-20-38(37)39-21-9-12-24-42(39)45)44-29-28-43(40-22-10-11-23-41(40)44)46-30-27-35-26-25-34-19-13-31-53-49(34)50(35)54-46/h1-32H/i10D,11D,22D,23D,28D,29D. The normalized spacial score (nSPS) is 13.2. The van der Waals surface area contributed by atoms with Gasteiger partial charge in [0.1, 0.15) is 0 Å². The molecule has 0 unspecified atom stereocenters. The number of fused-ring (bicyclic) bond motifs is 7. The van der Waals surface area contributed by atoms with Crippen LogP contribution in [-0.2, 0) is 0 Å². The maximum absolute atomic E-state index is 10.1. The third kappa shape index (κ3) is 5.16. The molecule has 0 bridgehead atoms. The van der Waals surface area contributed by atoms with Gasteiger partial charge in [0.2, 0.25) is 0 Å². The van der Waals surface area contributed by atoms with Gasteiger partial charge in [0.05, 0.1) is 25.0 Å². The molecule has 256 valence electrons. The Morgan fingerprint density at radius 1 is 0.418 bits per heavy atom. The van der Waals surface area contributed by atoms with Crippen LogP contribution in [0.2, 0.25) is 0 Å². The molecule has 0 atom stereocenters. The Morgan fingerprint density at radius 2 is 1.04 bits per heavy atom. The van der Waals surface area contributed by atoms with Crippen molar-refractivity contribution in [1.29, 1.82) is 0 Å². The van der Waals surface area contributed by atoms with E-state index in [-0.39, 0.29) is 46.1 Å². The van der Waals surface area contributed by atoms with E-state index in [1.807, 2.05) is 103 Å². The molecule has 8 aromatic carbocycles. The van der Waals surface area contributed by atoms with E-state index in [0.29, 0.717) is 22.3 Å². The molecule has 55 heavy (non-hydrogen) atoms. The molecule has 3 aromatic heterocycles. The zero-order valence-corrected chi connectivity index (χ0v) is 30.1. The highest BCUT2D eigenvalue weighted by atomic mass is 32.1. The second kappa shape index (κ2) is 12.9. The summed E-state index contributed by atoms with van der Waals surface area (Å²) in [6, 6.07) is 48.6. The monoisotopic (exact) mass is 722 g/mol. The molecule has 0 amide bonds. The smallest absolute Gasteiger partial charge is 0.0972 e. The van der Waals surface area contributed by atoms with Crippen molar-refractivity contribution in [2.75, 3.05) is 0 Å². The number of nitrogens with zero attached hydrogens (tertiary/aromatic N) is 2. The number of aromatic nitrogens is 2. The average molecular weight is 723 g/mol. The maximum Gasteiger partial charge on any atom is 0.0972 e. The van der Waals surface area contributed by atoms with Crippen LogP contribution < -0.4 is 0 Å². The summed E-state index contributed by atoms with van der Waals surface area (Å²) in [6.07, 6.45) is 1.71. The number of thiophene rings is 1. The lowest BCUT2D eigenvalue weighted by molar-refractivity contribution is 1.37. The third-order valence-electron chi connectivity index (χ3n) is 10.5. The second-order valence-electron chi connectivity index (χ2n) is 13.6. The lowest BCUT2D eigenvalue weighted by atomic mass is 9.86. The molecule has 3 heterocycles. The predicted molar refractivity (Wildman–Crippen MR) is 235 cm³/mol. The molecule has 0 aliphatic heterocycles. The molecule has 11 rings (SSSR count). The highest BCUT2D eigenvalue weighted by Gasteiger charge is 2.26. The van der Waals surface area contributed by atoms with Gasteiger partial charge >= 0.3 is 0 Å². The summed E-state index contributed by atoms with van der Waals surface area (Å²) in [5, 5.41) is 6.42. The zero-order chi connectivity index (χ0) is 41.5. The first-order valence-corrected chi connectivity index (χ1v) is 19.0. The van der Waals surface area contributed by atoms with E-state index in [0.717, 1.165) is 64.3 Å². The fraction of sp³-hybridized carbons (Fsp3) is 0.